The molecule has 1 rings (SSSR count). The summed E-state index contributed by atoms with van der Waals surface area (Å²) in [6, 6.07) is 7.39. The monoisotopic (exact) mass is 240 g/mol. The molecule has 0 aliphatic rings. The van der Waals surface area contributed by atoms with E-state index in [9.17, 15) is 13.0 Å². The molecule has 0 aromatic heterocycles. The fraction of sp³-hybridized carbons (Fsp3) is 0.250. The molecule has 0 radical (unpaired) electrons. The maximum atomic E-state index is 10.3. The van der Waals surface area contributed by atoms with Crippen LogP contribution in [-0.2, 0) is 14.9 Å². The summed E-state index contributed by atoms with van der Waals surface area (Å²) in [5, 5.41) is 0. The van der Waals surface area contributed by atoms with Crippen molar-refractivity contribution in [1.29, 1.82) is 0 Å². The summed E-state index contributed by atoms with van der Waals surface area (Å²) >= 11 is 0. The summed E-state index contributed by atoms with van der Waals surface area (Å²) < 4.78 is 31.0. The number of aryl methyl sites for hydroxylation is 1. The number of benzene rings is 1. The van der Waals surface area contributed by atoms with E-state index in [0.717, 1.165) is 11.1 Å². The van der Waals surface area contributed by atoms with Crippen LogP contribution in [0.25, 0.3) is 0 Å². The van der Waals surface area contributed by atoms with Crippen molar-refractivity contribution in [3.8, 4) is 0 Å². The van der Waals surface area contributed by atoms with Gasteiger partial charge in [0, 0.05) is 5.75 Å². The molecule has 0 N–H and O–H groups in total. The molecule has 72 valence electrons. The minimum atomic E-state index is -4.17. The van der Waals surface area contributed by atoms with Crippen LogP contribution in [0.4, 0.5) is 0 Å². The summed E-state index contributed by atoms with van der Waals surface area (Å²) in [6.45, 7) is 1.88. The van der Waals surface area contributed by atoms with Crippen molar-refractivity contribution >= 4 is 19.9 Å². The van der Waals surface area contributed by atoms with Crippen molar-refractivity contribution in [2.45, 2.75) is 12.7 Å². The van der Waals surface area contributed by atoms with Gasteiger partial charge in [-0.2, -0.15) is 0 Å². The molecule has 1 aromatic rings. The van der Waals surface area contributed by atoms with Gasteiger partial charge in [-0.1, -0.05) is 24.3 Å². The fourth-order valence-corrected chi connectivity index (χ4v) is 2.32. The molecule has 0 saturated carbocycles. The van der Waals surface area contributed by atoms with E-state index in [-0.39, 0.29) is 35.3 Å². The van der Waals surface area contributed by atoms with Gasteiger partial charge in [-0.3, -0.25) is 0 Å². The molecule has 0 bridgehead atoms. The predicted molar refractivity (Wildman–Crippen MR) is 52.2 cm³/mol. The van der Waals surface area contributed by atoms with E-state index in [4.69, 9.17) is 0 Å². The number of hydrogen-bond donors (Lipinski definition) is 0. The third kappa shape index (κ3) is 5.38. The van der Waals surface area contributed by atoms with Crippen LogP contribution >= 0.6 is 10.8 Å². The first-order valence-electron chi connectivity index (χ1n) is 3.64. The Balaban J connectivity index is 0.00000169. The Morgan fingerprint density at radius 3 is 2.43 bits per heavy atom. The topological polar surface area (TPSA) is 57.2 Å². The van der Waals surface area contributed by atoms with Gasteiger partial charge in [0.15, 0.2) is 0 Å². The molecule has 0 aliphatic carbocycles. The van der Waals surface area contributed by atoms with Gasteiger partial charge in [0.1, 0.15) is 9.15 Å². The normalized spacial score (nSPS) is 10.7. The molecule has 0 fully saturated rings. The summed E-state index contributed by atoms with van der Waals surface area (Å²) in [4.78, 5) is 0. The minimum absolute atomic E-state index is 0. The van der Waals surface area contributed by atoms with Crippen molar-refractivity contribution in [2.75, 3.05) is 0 Å². The third-order valence-corrected chi connectivity index (χ3v) is 3.56. The molecule has 0 spiro atoms. The van der Waals surface area contributed by atoms with Gasteiger partial charge in [0.25, 0.3) is 0 Å². The Bertz CT molecular complexity index is 389. The van der Waals surface area contributed by atoms with Crippen LogP contribution in [-0.4, -0.2) is 13.0 Å². The molecule has 0 amide bonds. The Hall–Kier alpha value is 0.480. The van der Waals surface area contributed by atoms with Crippen LogP contribution in [0.2, 0.25) is 0 Å². The van der Waals surface area contributed by atoms with Gasteiger partial charge in [0.2, 0.25) is 0 Å². The maximum absolute atomic E-state index is 10.3. The van der Waals surface area contributed by atoms with Gasteiger partial charge in [-0.05, 0) is 28.8 Å². The Labute approximate surface area is 110 Å². The second-order valence-corrected chi connectivity index (χ2v) is 5.87. The van der Waals surface area contributed by atoms with Crippen molar-refractivity contribution in [1.82, 2.24) is 0 Å². The molecule has 14 heavy (non-hydrogen) atoms. The first kappa shape index (κ1) is 14.5. The van der Waals surface area contributed by atoms with Crippen LogP contribution in [0, 0.1) is 6.92 Å². The molecule has 0 unspecified atom stereocenters. The first-order valence-corrected chi connectivity index (χ1v) is 6.55. The molecule has 1 aromatic carbocycles. The van der Waals surface area contributed by atoms with E-state index < -0.39 is 9.15 Å². The molecule has 0 heterocycles. The standard InChI is InChI=1S/C8H10O3S2.Na/c1-7-4-2-3-5-8(7)6-12-13(9,10)11;/h2-5H,6H2,1H3,(H,9,10,11);/q;+1/p-1. The van der Waals surface area contributed by atoms with Crippen molar-refractivity contribution in [2.24, 2.45) is 0 Å². The second-order valence-electron chi connectivity index (χ2n) is 2.60. The summed E-state index contributed by atoms with van der Waals surface area (Å²) in [5.41, 5.74) is 1.88. The van der Waals surface area contributed by atoms with Gasteiger partial charge in [-0.15, -0.1) is 0 Å². The van der Waals surface area contributed by atoms with Gasteiger partial charge >= 0.3 is 29.6 Å². The van der Waals surface area contributed by atoms with E-state index in [1.54, 1.807) is 0 Å². The third-order valence-electron chi connectivity index (χ3n) is 1.62. The Kier molecular flexibility index (Phi) is 6.36. The van der Waals surface area contributed by atoms with E-state index in [1.165, 1.54) is 0 Å². The van der Waals surface area contributed by atoms with Crippen molar-refractivity contribution in [3.05, 3.63) is 35.4 Å². The van der Waals surface area contributed by atoms with Crippen LogP contribution in [0.15, 0.2) is 24.3 Å². The molecule has 0 saturated heterocycles. The van der Waals surface area contributed by atoms with E-state index in [2.05, 4.69) is 0 Å². The molecule has 0 aliphatic heterocycles. The minimum Gasteiger partial charge on any atom is -0.739 e. The molecule has 0 atom stereocenters. The number of hydrogen-bond acceptors (Lipinski definition) is 4. The summed E-state index contributed by atoms with van der Waals surface area (Å²) in [7, 11) is -3.75. The zero-order valence-electron chi connectivity index (χ0n) is 8.06. The number of rotatable bonds is 3. The smallest absolute Gasteiger partial charge is 0.739 e. The van der Waals surface area contributed by atoms with Crippen LogP contribution in [0.3, 0.4) is 0 Å². The van der Waals surface area contributed by atoms with Gasteiger partial charge in [-0.25, -0.2) is 8.42 Å². The van der Waals surface area contributed by atoms with Crippen LogP contribution in [0.5, 0.6) is 0 Å². The van der Waals surface area contributed by atoms with Crippen LogP contribution < -0.4 is 29.6 Å². The van der Waals surface area contributed by atoms with Gasteiger partial charge < -0.3 is 4.55 Å². The first-order chi connectivity index (χ1) is 5.99. The molecule has 6 heteroatoms. The average Bonchev–Trinajstić information content (AvgIpc) is 2.01. The predicted octanol–water partition coefficient (Wildman–Crippen LogP) is -1.31. The van der Waals surface area contributed by atoms with E-state index >= 15 is 0 Å². The average molecular weight is 240 g/mol. The zero-order valence-corrected chi connectivity index (χ0v) is 11.7. The largest absolute Gasteiger partial charge is 1.00 e. The summed E-state index contributed by atoms with van der Waals surface area (Å²) in [5.74, 6) is 0.221. The summed E-state index contributed by atoms with van der Waals surface area (Å²) in [6.07, 6.45) is 0. The SMILES string of the molecule is Cc1ccccc1CSS(=O)(=O)[O-].[Na+]. The quantitative estimate of drug-likeness (QED) is 0.374. The Morgan fingerprint density at radius 1 is 1.36 bits per heavy atom. The maximum Gasteiger partial charge on any atom is 1.00 e. The van der Waals surface area contributed by atoms with E-state index in [1.807, 2.05) is 31.2 Å². The fourth-order valence-electron chi connectivity index (χ4n) is 0.908. The Morgan fingerprint density at radius 2 is 1.93 bits per heavy atom. The molecular weight excluding hydrogens is 231 g/mol. The van der Waals surface area contributed by atoms with Gasteiger partial charge in [0.05, 0.1) is 0 Å². The molecular formula is C8H9NaO3S2. The van der Waals surface area contributed by atoms with E-state index in [0.29, 0.717) is 10.8 Å². The molecule has 3 nitrogen and oxygen atoms in total. The zero-order chi connectivity index (χ0) is 9.90. The van der Waals surface area contributed by atoms with Crippen molar-refractivity contribution in [3.63, 3.8) is 0 Å². The van der Waals surface area contributed by atoms with Crippen LogP contribution in [0.1, 0.15) is 11.1 Å². The van der Waals surface area contributed by atoms with Crippen molar-refractivity contribution < 1.29 is 42.5 Å². The second kappa shape index (κ2) is 6.15.